The second-order valence-electron chi connectivity index (χ2n) is 6.37. The van der Waals surface area contributed by atoms with Crippen LogP contribution in [0.25, 0.3) is 0 Å². The molecular formula is C14H23N3O3. The summed E-state index contributed by atoms with van der Waals surface area (Å²) in [7, 11) is 0. The quantitative estimate of drug-likeness (QED) is 0.846. The van der Waals surface area contributed by atoms with Crippen LogP contribution in [-0.4, -0.2) is 39.3 Å². The highest BCUT2D eigenvalue weighted by Crippen LogP contribution is 2.26. The van der Waals surface area contributed by atoms with Gasteiger partial charge in [0.25, 0.3) is 5.91 Å². The Kier molecular flexibility index (Phi) is 4.13. The third kappa shape index (κ3) is 3.17. The molecule has 112 valence electrons. The molecule has 0 spiro atoms. The molecule has 0 N–H and O–H groups in total. The van der Waals surface area contributed by atoms with Gasteiger partial charge in [-0.2, -0.15) is 0 Å². The average Bonchev–Trinajstić information content (AvgIpc) is 2.93. The monoisotopic (exact) mass is 281 g/mol. The molecule has 0 radical (unpaired) electrons. The van der Waals surface area contributed by atoms with E-state index in [9.17, 15) is 4.79 Å². The lowest BCUT2D eigenvalue weighted by Crippen LogP contribution is -2.50. The molecule has 0 saturated carbocycles. The predicted molar refractivity (Wildman–Crippen MR) is 72.9 cm³/mol. The molecule has 1 aromatic rings. The zero-order valence-corrected chi connectivity index (χ0v) is 12.8. The first-order valence-corrected chi connectivity index (χ1v) is 7.01. The van der Waals surface area contributed by atoms with Crippen LogP contribution in [-0.2, 0) is 16.1 Å². The SMILES string of the molecule is Cc1nnc(CN(C(=O)[C@H]2OCC[C@@H]2C)C(C)(C)C)o1. The average molecular weight is 281 g/mol. The second-order valence-corrected chi connectivity index (χ2v) is 6.37. The van der Waals surface area contributed by atoms with E-state index in [1.54, 1.807) is 11.8 Å². The highest BCUT2D eigenvalue weighted by molar-refractivity contribution is 5.82. The minimum absolute atomic E-state index is 0.00152. The Balaban J connectivity index is 2.17. The lowest BCUT2D eigenvalue weighted by atomic mass is 9.99. The number of carbonyl (C=O) groups excluding carboxylic acids is 1. The van der Waals surface area contributed by atoms with Crippen molar-refractivity contribution in [1.29, 1.82) is 0 Å². The Morgan fingerprint density at radius 1 is 1.40 bits per heavy atom. The predicted octanol–water partition coefficient (Wildman–Crippen LogP) is 1.93. The van der Waals surface area contributed by atoms with E-state index >= 15 is 0 Å². The van der Waals surface area contributed by atoms with Gasteiger partial charge in [-0.15, -0.1) is 10.2 Å². The molecule has 2 atom stereocenters. The summed E-state index contributed by atoms with van der Waals surface area (Å²) in [6.45, 7) is 10.7. The van der Waals surface area contributed by atoms with Crippen molar-refractivity contribution in [3.8, 4) is 0 Å². The van der Waals surface area contributed by atoms with Gasteiger partial charge in [-0.3, -0.25) is 4.79 Å². The molecule has 20 heavy (non-hydrogen) atoms. The third-order valence-corrected chi connectivity index (χ3v) is 3.57. The Morgan fingerprint density at radius 3 is 2.55 bits per heavy atom. The first-order valence-electron chi connectivity index (χ1n) is 7.01. The lowest BCUT2D eigenvalue weighted by molar-refractivity contribution is -0.148. The number of hydrogen-bond donors (Lipinski definition) is 0. The summed E-state index contributed by atoms with van der Waals surface area (Å²) in [5.41, 5.74) is -0.328. The summed E-state index contributed by atoms with van der Waals surface area (Å²) in [4.78, 5) is 14.5. The molecule has 6 nitrogen and oxygen atoms in total. The first-order chi connectivity index (χ1) is 9.29. The van der Waals surface area contributed by atoms with Crippen LogP contribution in [0.1, 0.15) is 45.9 Å². The van der Waals surface area contributed by atoms with E-state index in [-0.39, 0.29) is 23.5 Å². The van der Waals surface area contributed by atoms with Crippen molar-refractivity contribution in [2.45, 2.75) is 59.2 Å². The number of aryl methyl sites for hydroxylation is 1. The van der Waals surface area contributed by atoms with Crippen LogP contribution in [0.3, 0.4) is 0 Å². The minimum atomic E-state index is -0.363. The molecule has 1 amide bonds. The van der Waals surface area contributed by atoms with Gasteiger partial charge in [0.1, 0.15) is 6.10 Å². The molecule has 0 aliphatic carbocycles. The van der Waals surface area contributed by atoms with Gasteiger partial charge in [0.15, 0.2) is 0 Å². The molecule has 1 aliphatic heterocycles. The van der Waals surface area contributed by atoms with Crippen molar-refractivity contribution in [3.05, 3.63) is 11.8 Å². The highest BCUT2D eigenvalue weighted by Gasteiger charge is 2.38. The van der Waals surface area contributed by atoms with Crippen molar-refractivity contribution >= 4 is 5.91 Å². The molecule has 1 aromatic heterocycles. The summed E-state index contributed by atoms with van der Waals surface area (Å²) < 4.78 is 11.0. The maximum atomic E-state index is 12.7. The second kappa shape index (κ2) is 5.52. The zero-order valence-electron chi connectivity index (χ0n) is 12.8. The van der Waals surface area contributed by atoms with E-state index in [1.165, 1.54) is 0 Å². The van der Waals surface area contributed by atoms with E-state index in [2.05, 4.69) is 10.2 Å². The Hall–Kier alpha value is -1.43. The summed E-state index contributed by atoms with van der Waals surface area (Å²) in [5.74, 6) is 1.21. The number of ether oxygens (including phenoxy) is 1. The van der Waals surface area contributed by atoms with E-state index in [0.717, 1.165) is 6.42 Å². The van der Waals surface area contributed by atoms with Crippen LogP contribution < -0.4 is 0 Å². The molecule has 1 aliphatic rings. The number of hydrogen-bond acceptors (Lipinski definition) is 5. The standard InChI is InChI=1S/C14H23N3O3/c1-9-6-7-19-12(9)13(18)17(14(3,4)5)8-11-16-15-10(2)20-11/h9,12H,6-8H2,1-5H3/t9-,12-/m0/s1. The fourth-order valence-electron chi connectivity index (χ4n) is 2.35. The number of carbonyl (C=O) groups is 1. The number of amides is 1. The third-order valence-electron chi connectivity index (χ3n) is 3.57. The molecule has 1 saturated heterocycles. The van der Waals surface area contributed by atoms with Crippen LogP contribution >= 0.6 is 0 Å². The van der Waals surface area contributed by atoms with Gasteiger partial charge in [-0.25, -0.2) is 0 Å². The van der Waals surface area contributed by atoms with Crippen LogP contribution in [0.5, 0.6) is 0 Å². The van der Waals surface area contributed by atoms with Gasteiger partial charge in [0.05, 0.1) is 6.54 Å². The van der Waals surface area contributed by atoms with Crippen LogP contribution in [0.4, 0.5) is 0 Å². The summed E-state index contributed by atoms with van der Waals surface area (Å²) in [6, 6.07) is 0. The molecule has 6 heteroatoms. The zero-order chi connectivity index (χ0) is 14.9. The van der Waals surface area contributed by atoms with Crippen molar-refractivity contribution in [2.75, 3.05) is 6.61 Å². The van der Waals surface area contributed by atoms with Crippen molar-refractivity contribution in [3.63, 3.8) is 0 Å². The normalized spacial score (nSPS) is 23.1. The Morgan fingerprint density at radius 2 is 2.10 bits per heavy atom. The van der Waals surface area contributed by atoms with Gasteiger partial charge >= 0.3 is 0 Å². The number of aromatic nitrogens is 2. The van der Waals surface area contributed by atoms with Crippen molar-refractivity contribution < 1.29 is 13.9 Å². The largest absolute Gasteiger partial charge is 0.424 e. The van der Waals surface area contributed by atoms with Gasteiger partial charge < -0.3 is 14.1 Å². The minimum Gasteiger partial charge on any atom is -0.424 e. The first kappa shape index (κ1) is 15.0. The van der Waals surface area contributed by atoms with Crippen LogP contribution in [0, 0.1) is 12.8 Å². The number of nitrogens with zero attached hydrogens (tertiary/aromatic N) is 3. The summed E-state index contributed by atoms with van der Waals surface area (Å²) in [5, 5.41) is 7.78. The maximum Gasteiger partial charge on any atom is 0.252 e. The van der Waals surface area contributed by atoms with E-state index in [1.807, 2.05) is 27.7 Å². The fraction of sp³-hybridized carbons (Fsp3) is 0.786. The van der Waals surface area contributed by atoms with E-state index in [4.69, 9.17) is 9.15 Å². The molecule has 2 heterocycles. The molecule has 0 bridgehead atoms. The van der Waals surface area contributed by atoms with Crippen molar-refractivity contribution in [2.24, 2.45) is 5.92 Å². The molecule has 1 fully saturated rings. The summed E-state index contributed by atoms with van der Waals surface area (Å²) in [6.07, 6.45) is 0.562. The van der Waals surface area contributed by atoms with E-state index in [0.29, 0.717) is 24.9 Å². The Bertz CT molecular complexity index is 478. The molecular weight excluding hydrogens is 258 g/mol. The lowest BCUT2D eigenvalue weighted by Gasteiger charge is -2.36. The Labute approximate surface area is 119 Å². The molecule has 0 unspecified atom stereocenters. The molecule has 0 aromatic carbocycles. The van der Waals surface area contributed by atoms with E-state index < -0.39 is 0 Å². The molecule has 2 rings (SSSR count). The summed E-state index contributed by atoms with van der Waals surface area (Å²) >= 11 is 0. The van der Waals surface area contributed by atoms with Gasteiger partial charge in [0.2, 0.25) is 11.8 Å². The topological polar surface area (TPSA) is 68.5 Å². The smallest absolute Gasteiger partial charge is 0.252 e. The van der Waals surface area contributed by atoms with Gasteiger partial charge in [0, 0.05) is 19.1 Å². The van der Waals surface area contributed by atoms with Crippen LogP contribution in [0.15, 0.2) is 4.42 Å². The highest BCUT2D eigenvalue weighted by atomic mass is 16.5. The van der Waals surface area contributed by atoms with Gasteiger partial charge in [-0.05, 0) is 33.1 Å². The van der Waals surface area contributed by atoms with Crippen molar-refractivity contribution in [1.82, 2.24) is 15.1 Å². The fourth-order valence-corrected chi connectivity index (χ4v) is 2.35. The van der Waals surface area contributed by atoms with Gasteiger partial charge in [-0.1, -0.05) is 6.92 Å². The van der Waals surface area contributed by atoms with Crippen LogP contribution in [0.2, 0.25) is 0 Å². The maximum absolute atomic E-state index is 12.7. The number of rotatable bonds is 3.